The van der Waals surface area contributed by atoms with E-state index in [1.807, 2.05) is 30.9 Å². The van der Waals surface area contributed by atoms with Crippen molar-refractivity contribution in [3.8, 4) is 0 Å². The van der Waals surface area contributed by atoms with Crippen LogP contribution >= 0.6 is 11.6 Å². The van der Waals surface area contributed by atoms with Crippen molar-refractivity contribution >= 4 is 23.2 Å². The van der Waals surface area contributed by atoms with Gasteiger partial charge < -0.3 is 9.80 Å². The van der Waals surface area contributed by atoms with E-state index in [1.54, 1.807) is 12.1 Å². The molecule has 1 aromatic carbocycles. The molecular formula is C16H19ClN4O. The van der Waals surface area contributed by atoms with Crippen LogP contribution in [0, 0.1) is 13.8 Å². The van der Waals surface area contributed by atoms with Gasteiger partial charge in [0.15, 0.2) is 0 Å². The molecule has 0 spiro atoms. The third-order valence-electron chi connectivity index (χ3n) is 4.08. The highest BCUT2D eigenvalue weighted by molar-refractivity contribution is 6.33. The van der Waals surface area contributed by atoms with Gasteiger partial charge >= 0.3 is 0 Å². The molecule has 1 aliphatic heterocycles. The predicted molar refractivity (Wildman–Crippen MR) is 87.6 cm³/mol. The molecule has 3 rings (SSSR count). The van der Waals surface area contributed by atoms with E-state index >= 15 is 0 Å². The fraction of sp³-hybridized carbons (Fsp3) is 0.375. The molecule has 22 heavy (non-hydrogen) atoms. The number of aromatic nitrogens is 2. The van der Waals surface area contributed by atoms with Gasteiger partial charge in [0, 0.05) is 26.2 Å². The first-order valence-electron chi connectivity index (χ1n) is 7.38. The van der Waals surface area contributed by atoms with E-state index in [9.17, 15) is 4.79 Å². The zero-order valence-corrected chi connectivity index (χ0v) is 13.5. The summed E-state index contributed by atoms with van der Waals surface area (Å²) >= 11 is 6.12. The number of nitrogens with zero attached hydrogens (tertiary/aromatic N) is 3. The summed E-state index contributed by atoms with van der Waals surface area (Å²) in [6.07, 6.45) is 0. The molecule has 1 N–H and O–H groups in total. The Morgan fingerprint density at radius 1 is 1.18 bits per heavy atom. The lowest BCUT2D eigenvalue weighted by molar-refractivity contribution is 0.0747. The molecule has 2 aromatic rings. The monoisotopic (exact) mass is 318 g/mol. The standard InChI is InChI=1S/C16H19ClN4O/c1-11-15(12(2)19-18-11)20-7-9-21(10-8-20)16(22)13-5-3-4-6-14(13)17/h3-6H,7-10H2,1-2H3,(H,18,19). The molecule has 6 heteroatoms. The average Bonchev–Trinajstić information content (AvgIpc) is 2.86. The van der Waals surface area contributed by atoms with Gasteiger partial charge in [-0.15, -0.1) is 0 Å². The van der Waals surface area contributed by atoms with Gasteiger partial charge in [0.2, 0.25) is 0 Å². The van der Waals surface area contributed by atoms with Crippen molar-refractivity contribution in [3.05, 3.63) is 46.2 Å². The zero-order chi connectivity index (χ0) is 15.7. The molecule has 2 heterocycles. The number of aryl methyl sites for hydroxylation is 2. The minimum atomic E-state index is 0.00545. The molecule has 1 fully saturated rings. The molecule has 0 aliphatic carbocycles. The number of rotatable bonds is 2. The Labute approximate surface area is 134 Å². The minimum Gasteiger partial charge on any atom is -0.365 e. The first kappa shape index (κ1) is 14.9. The van der Waals surface area contributed by atoms with E-state index in [0.717, 1.165) is 30.2 Å². The zero-order valence-electron chi connectivity index (χ0n) is 12.8. The van der Waals surface area contributed by atoms with Gasteiger partial charge in [-0.3, -0.25) is 9.89 Å². The van der Waals surface area contributed by atoms with Crippen molar-refractivity contribution in [1.29, 1.82) is 0 Å². The number of carbonyl (C=O) groups is 1. The van der Waals surface area contributed by atoms with Crippen LogP contribution in [0.4, 0.5) is 5.69 Å². The lowest BCUT2D eigenvalue weighted by Gasteiger charge is -2.36. The predicted octanol–water partition coefficient (Wildman–Crippen LogP) is 2.64. The number of hydrogen-bond acceptors (Lipinski definition) is 3. The van der Waals surface area contributed by atoms with E-state index in [4.69, 9.17) is 11.6 Å². The molecule has 0 saturated carbocycles. The van der Waals surface area contributed by atoms with E-state index in [0.29, 0.717) is 23.7 Å². The maximum Gasteiger partial charge on any atom is 0.255 e. The van der Waals surface area contributed by atoms with Gasteiger partial charge in [-0.05, 0) is 26.0 Å². The third kappa shape index (κ3) is 2.68. The Morgan fingerprint density at radius 2 is 1.86 bits per heavy atom. The van der Waals surface area contributed by atoms with Crippen molar-refractivity contribution in [2.45, 2.75) is 13.8 Å². The van der Waals surface area contributed by atoms with Crippen LogP contribution in [0.5, 0.6) is 0 Å². The molecule has 1 aliphatic rings. The molecule has 0 atom stereocenters. The summed E-state index contributed by atoms with van der Waals surface area (Å²) in [5.74, 6) is 0.00545. The number of nitrogens with one attached hydrogen (secondary N) is 1. The van der Waals surface area contributed by atoms with Gasteiger partial charge in [0.25, 0.3) is 5.91 Å². The van der Waals surface area contributed by atoms with Crippen molar-refractivity contribution in [1.82, 2.24) is 15.1 Å². The van der Waals surface area contributed by atoms with Crippen molar-refractivity contribution in [2.75, 3.05) is 31.1 Å². The van der Waals surface area contributed by atoms with Crippen LogP contribution in [0.25, 0.3) is 0 Å². The van der Waals surface area contributed by atoms with Crippen molar-refractivity contribution in [2.24, 2.45) is 0 Å². The van der Waals surface area contributed by atoms with Crippen LogP contribution in [0.1, 0.15) is 21.7 Å². The van der Waals surface area contributed by atoms with Crippen LogP contribution in [0.2, 0.25) is 5.02 Å². The maximum atomic E-state index is 12.6. The molecule has 1 saturated heterocycles. The lowest BCUT2D eigenvalue weighted by atomic mass is 10.1. The SMILES string of the molecule is Cc1n[nH]c(C)c1N1CCN(C(=O)c2ccccc2Cl)CC1. The quantitative estimate of drug-likeness (QED) is 0.926. The Hall–Kier alpha value is -2.01. The summed E-state index contributed by atoms with van der Waals surface area (Å²) in [5.41, 5.74) is 3.81. The summed E-state index contributed by atoms with van der Waals surface area (Å²) in [5, 5.41) is 7.76. The van der Waals surface area contributed by atoms with Gasteiger partial charge in [0.05, 0.1) is 27.7 Å². The molecule has 1 aromatic heterocycles. The molecule has 0 radical (unpaired) electrons. The topological polar surface area (TPSA) is 52.2 Å². The summed E-state index contributed by atoms with van der Waals surface area (Å²) in [6, 6.07) is 7.21. The highest BCUT2D eigenvalue weighted by Crippen LogP contribution is 2.24. The first-order chi connectivity index (χ1) is 10.6. The van der Waals surface area contributed by atoms with Crippen LogP contribution in [-0.4, -0.2) is 47.2 Å². The molecule has 0 bridgehead atoms. The van der Waals surface area contributed by atoms with E-state index < -0.39 is 0 Å². The number of hydrogen-bond donors (Lipinski definition) is 1. The fourth-order valence-corrected chi connectivity index (χ4v) is 3.17. The second-order valence-electron chi connectivity index (χ2n) is 5.54. The fourth-order valence-electron chi connectivity index (χ4n) is 2.95. The summed E-state index contributed by atoms with van der Waals surface area (Å²) < 4.78 is 0. The van der Waals surface area contributed by atoms with Crippen LogP contribution in [0.3, 0.4) is 0 Å². The molecule has 1 amide bonds. The first-order valence-corrected chi connectivity index (χ1v) is 7.76. The normalized spacial score (nSPS) is 15.2. The van der Waals surface area contributed by atoms with E-state index in [1.165, 1.54) is 0 Å². The number of halogens is 1. The summed E-state index contributed by atoms with van der Waals surface area (Å²) in [6.45, 7) is 7.01. The largest absolute Gasteiger partial charge is 0.365 e. The Kier molecular flexibility index (Phi) is 4.07. The number of piperazine rings is 1. The Bertz CT molecular complexity index is 670. The second-order valence-corrected chi connectivity index (χ2v) is 5.95. The molecule has 0 unspecified atom stereocenters. The van der Waals surface area contributed by atoms with Crippen LogP contribution in [-0.2, 0) is 0 Å². The minimum absolute atomic E-state index is 0.00545. The van der Waals surface area contributed by atoms with Crippen molar-refractivity contribution < 1.29 is 4.79 Å². The smallest absolute Gasteiger partial charge is 0.255 e. The van der Waals surface area contributed by atoms with E-state index in [2.05, 4.69) is 15.1 Å². The summed E-state index contributed by atoms with van der Waals surface area (Å²) in [4.78, 5) is 16.7. The van der Waals surface area contributed by atoms with E-state index in [-0.39, 0.29) is 5.91 Å². The number of H-pyrrole nitrogens is 1. The number of aromatic amines is 1. The number of amides is 1. The van der Waals surface area contributed by atoms with Crippen molar-refractivity contribution in [3.63, 3.8) is 0 Å². The molecule has 116 valence electrons. The van der Waals surface area contributed by atoms with Crippen LogP contribution in [0.15, 0.2) is 24.3 Å². The maximum absolute atomic E-state index is 12.6. The molecular weight excluding hydrogens is 300 g/mol. The second kappa shape index (κ2) is 6.01. The molecule has 5 nitrogen and oxygen atoms in total. The Morgan fingerprint density at radius 3 is 2.45 bits per heavy atom. The third-order valence-corrected chi connectivity index (χ3v) is 4.41. The van der Waals surface area contributed by atoms with Crippen LogP contribution < -0.4 is 4.90 Å². The summed E-state index contributed by atoms with van der Waals surface area (Å²) in [7, 11) is 0. The average molecular weight is 319 g/mol. The highest BCUT2D eigenvalue weighted by Gasteiger charge is 2.25. The van der Waals surface area contributed by atoms with Gasteiger partial charge in [-0.1, -0.05) is 23.7 Å². The number of anilines is 1. The van der Waals surface area contributed by atoms with Gasteiger partial charge in [0.1, 0.15) is 0 Å². The van der Waals surface area contributed by atoms with Gasteiger partial charge in [-0.2, -0.15) is 5.10 Å². The highest BCUT2D eigenvalue weighted by atomic mass is 35.5. The van der Waals surface area contributed by atoms with Gasteiger partial charge in [-0.25, -0.2) is 0 Å². The lowest BCUT2D eigenvalue weighted by Crippen LogP contribution is -2.49. The Balaban J connectivity index is 1.70. The number of benzene rings is 1. The number of carbonyl (C=O) groups excluding carboxylic acids is 1.